The lowest BCUT2D eigenvalue weighted by molar-refractivity contribution is 0.212. The van der Waals surface area contributed by atoms with Crippen molar-refractivity contribution in [3.8, 4) is 0 Å². The van der Waals surface area contributed by atoms with Crippen LogP contribution in [0.3, 0.4) is 0 Å². The Hall–Kier alpha value is -0.650. The van der Waals surface area contributed by atoms with Gasteiger partial charge in [-0.05, 0) is 32.0 Å². The van der Waals surface area contributed by atoms with Crippen LogP contribution in [0.1, 0.15) is 30.1 Å². The van der Waals surface area contributed by atoms with Crippen molar-refractivity contribution < 1.29 is 13.2 Å². The molecule has 0 saturated carbocycles. The number of hydrogen-bond acceptors (Lipinski definition) is 4. The van der Waals surface area contributed by atoms with Gasteiger partial charge in [-0.15, -0.1) is 0 Å². The van der Waals surface area contributed by atoms with E-state index in [1.54, 1.807) is 6.07 Å². The standard InChI is InChI=1S/C10H13NO3S/c12-15(13)9-5-8-6-11-3-1-7(2-4-11)10(8)14-9/h5,7H,1-4,6H2,(H,12,13)/p-1. The fourth-order valence-electron chi connectivity index (χ4n) is 2.56. The molecule has 0 N–H and O–H groups in total. The SMILES string of the molecule is O=S([O-])c1cc2c(o1)C1CCN(CC1)C2. The van der Waals surface area contributed by atoms with Gasteiger partial charge in [-0.3, -0.25) is 9.11 Å². The van der Waals surface area contributed by atoms with Gasteiger partial charge in [0.1, 0.15) is 5.76 Å². The molecule has 82 valence electrons. The van der Waals surface area contributed by atoms with E-state index < -0.39 is 11.1 Å². The summed E-state index contributed by atoms with van der Waals surface area (Å²) in [6.07, 6.45) is 2.18. The molecule has 1 aromatic heterocycles. The summed E-state index contributed by atoms with van der Waals surface area (Å²) in [5.74, 6) is 1.34. The van der Waals surface area contributed by atoms with Crippen molar-refractivity contribution in [1.29, 1.82) is 0 Å². The van der Waals surface area contributed by atoms with Gasteiger partial charge in [-0.2, -0.15) is 0 Å². The highest BCUT2D eigenvalue weighted by molar-refractivity contribution is 7.79. The number of fused-ring (bicyclic) bond motifs is 2. The smallest absolute Gasteiger partial charge is 0.177 e. The third-order valence-corrected chi connectivity index (χ3v) is 3.87. The predicted molar refractivity (Wildman–Crippen MR) is 53.1 cm³/mol. The maximum absolute atomic E-state index is 10.8. The van der Waals surface area contributed by atoms with Crippen LogP contribution in [-0.4, -0.2) is 26.8 Å². The van der Waals surface area contributed by atoms with Crippen LogP contribution in [0.2, 0.25) is 0 Å². The zero-order chi connectivity index (χ0) is 10.4. The minimum atomic E-state index is -2.24. The summed E-state index contributed by atoms with van der Waals surface area (Å²) in [6, 6.07) is 1.68. The second-order valence-electron chi connectivity index (χ2n) is 4.24. The van der Waals surface area contributed by atoms with Crippen LogP contribution in [0.5, 0.6) is 0 Å². The predicted octanol–water partition coefficient (Wildman–Crippen LogP) is 1.21. The Balaban J connectivity index is 2.04. The summed E-state index contributed by atoms with van der Waals surface area (Å²) in [5.41, 5.74) is 1.06. The maximum atomic E-state index is 10.8. The highest BCUT2D eigenvalue weighted by Crippen LogP contribution is 2.37. The molecule has 1 unspecified atom stereocenters. The van der Waals surface area contributed by atoms with E-state index >= 15 is 0 Å². The minimum absolute atomic E-state index is 0.0914. The Bertz CT molecular complexity index is 407. The van der Waals surface area contributed by atoms with Crippen molar-refractivity contribution in [3.63, 3.8) is 0 Å². The van der Waals surface area contributed by atoms with Gasteiger partial charge in [0.15, 0.2) is 5.09 Å². The number of nitrogens with zero attached hydrogens (tertiary/aromatic N) is 1. The lowest BCUT2D eigenvalue weighted by Gasteiger charge is -2.26. The van der Waals surface area contributed by atoms with Crippen LogP contribution >= 0.6 is 0 Å². The molecule has 1 atom stereocenters. The quantitative estimate of drug-likeness (QED) is 0.675. The van der Waals surface area contributed by atoms with Gasteiger partial charge in [0.2, 0.25) is 0 Å². The Labute approximate surface area is 90.5 Å². The lowest BCUT2D eigenvalue weighted by atomic mass is 9.95. The van der Waals surface area contributed by atoms with Crippen molar-refractivity contribution >= 4 is 11.1 Å². The Morgan fingerprint density at radius 1 is 1.47 bits per heavy atom. The molecule has 0 radical (unpaired) electrons. The topological polar surface area (TPSA) is 56.5 Å². The molecule has 0 spiro atoms. The minimum Gasteiger partial charge on any atom is -0.766 e. The van der Waals surface area contributed by atoms with E-state index in [4.69, 9.17) is 4.42 Å². The summed E-state index contributed by atoms with van der Waals surface area (Å²) in [6.45, 7) is 3.04. The molecular formula is C10H12NO3S-. The Morgan fingerprint density at radius 3 is 2.87 bits per heavy atom. The number of rotatable bonds is 1. The van der Waals surface area contributed by atoms with E-state index in [9.17, 15) is 8.76 Å². The number of furan rings is 1. The fraction of sp³-hybridized carbons (Fsp3) is 0.600. The van der Waals surface area contributed by atoms with Crippen LogP contribution in [0.25, 0.3) is 0 Å². The molecule has 15 heavy (non-hydrogen) atoms. The molecule has 0 aromatic carbocycles. The third kappa shape index (κ3) is 1.55. The van der Waals surface area contributed by atoms with Crippen LogP contribution in [0.4, 0.5) is 0 Å². The molecule has 4 nitrogen and oxygen atoms in total. The zero-order valence-corrected chi connectivity index (χ0v) is 9.09. The van der Waals surface area contributed by atoms with Gasteiger partial charge in [0.05, 0.1) is 0 Å². The molecule has 5 heteroatoms. The zero-order valence-electron chi connectivity index (χ0n) is 8.27. The van der Waals surface area contributed by atoms with Gasteiger partial charge < -0.3 is 8.97 Å². The largest absolute Gasteiger partial charge is 0.766 e. The summed E-state index contributed by atoms with van der Waals surface area (Å²) in [4.78, 5) is 2.36. The van der Waals surface area contributed by atoms with Gasteiger partial charge in [0.25, 0.3) is 0 Å². The lowest BCUT2D eigenvalue weighted by Crippen LogP contribution is -2.28. The molecule has 4 heterocycles. The van der Waals surface area contributed by atoms with Crippen molar-refractivity contribution in [1.82, 2.24) is 4.90 Å². The molecule has 4 rings (SSSR count). The monoisotopic (exact) mass is 226 g/mol. The second kappa shape index (κ2) is 3.43. The highest BCUT2D eigenvalue weighted by Gasteiger charge is 2.30. The van der Waals surface area contributed by atoms with E-state index in [1.807, 2.05) is 0 Å². The van der Waals surface area contributed by atoms with Crippen LogP contribution < -0.4 is 0 Å². The molecule has 3 aliphatic heterocycles. The van der Waals surface area contributed by atoms with Crippen LogP contribution in [-0.2, 0) is 17.6 Å². The second-order valence-corrected chi connectivity index (χ2v) is 5.11. The normalized spacial score (nSPS) is 31.0. The summed E-state index contributed by atoms with van der Waals surface area (Å²) in [5, 5.41) is 0.0914. The highest BCUT2D eigenvalue weighted by atomic mass is 32.2. The molecule has 0 aliphatic carbocycles. The van der Waals surface area contributed by atoms with Crippen LogP contribution in [0.15, 0.2) is 15.6 Å². The van der Waals surface area contributed by atoms with Gasteiger partial charge >= 0.3 is 0 Å². The first-order chi connectivity index (χ1) is 7.24. The van der Waals surface area contributed by atoms with E-state index in [1.165, 1.54) is 0 Å². The van der Waals surface area contributed by atoms with Crippen molar-refractivity contribution in [3.05, 3.63) is 17.4 Å². The van der Waals surface area contributed by atoms with Gasteiger partial charge in [0, 0.05) is 29.1 Å². The first-order valence-corrected chi connectivity index (χ1v) is 6.26. The average molecular weight is 226 g/mol. The average Bonchev–Trinajstić information content (AvgIpc) is 2.51. The Morgan fingerprint density at radius 2 is 2.20 bits per heavy atom. The molecule has 1 fully saturated rings. The molecular weight excluding hydrogens is 214 g/mol. The van der Waals surface area contributed by atoms with Crippen molar-refractivity contribution in [2.45, 2.75) is 30.4 Å². The number of piperidine rings is 1. The van der Waals surface area contributed by atoms with Crippen molar-refractivity contribution in [2.75, 3.05) is 13.1 Å². The molecule has 2 bridgehead atoms. The first-order valence-electron chi connectivity index (χ1n) is 5.18. The van der Waals surface area contributed by atoms with E-state index in [0.717, 1.165) is 43.8 Å². The summed E-state index contributed by atoms with van der Waals surface area (Å²) < 4.78 is 27.0. The maximum Gasteiger partial charge on any atom is 0.177 e. The first kappa shape index (κ1) is 9.57. The Kier molecular flexibility index (Phi) is 2.19. The van der Waals surface area contributed by atoms with Gasteiger partial charge in [-0.1, -0.05) is 0 Å². The summed E-state index contributed by atoms with van der Waals surface area (Å²) in [7, 11) is 0. The summed E-state index contributed by atoms with van der Waals surface area (Å²) >= 11 is -2.24. The molecule has 0 amide bonds. The van der Waals surface area contributed by atoms with Crippen molar-refractivity contribution in [2.24, 2.45) is 0 Å². The van der Waals surface area contributed by atoms with E-state index in [0.29, 0.717) is 5.92 Å². The number of hydrogen-bond donors (Lipinski definition) is 0. The van der Waals surface area contributed by atoms with E-state index in [2.05, 4.69) is 4.90 Å². The third-order valence-electron chi connectivity index (χ3n) is 3.34. The van der Waals surface area contributed by atoms with Crippen LogP contribution in [0, 0.1) is 0 Å². The van der Waals surface area contributed by atoms with E-state index in [-0.39, 0.29) is 5.09 Å². The fourth-order valence-corrected chi connectivity index (χ4v) is 2.96. The molecule has 1 aromatic rings. The molecule has 1 saturated heterocycles. The van der Waals surface area contributed by atoms with Gasteiger partial charge in [-0.25, -0.2) is 0 Å². The molecule has 3 aliphatic rings.